The van der Waals surface area contributed by atoms with Crippen molar-refractivity contribution in [1.82, 2.24) is 20.9 Å². The molecule has 3 atom stereocenters. The van der Waals surface area contributed by atoms with Gasteiger partial charge in [-0.3, -0.25) is 19.2 Å². The Kier molecular flexibility index (Phi) is 10.5. The molecule has 1 aromatic heterocycles. The van der Waals surface area contributed by atoms with Crippen LogP contribution in [0.4, 0.5) is 0 Å². The maximum atomic E-state index is 13.1. The standard InChI is InChI=1S/C27H30N4O8S/c32-17-8-5-15(6-9-17)11-20(25(36)31-22(14-40)27(38)39)30-26(37)21(12-24(34)35)29-23(33)10-7-16-13-28-19-4-2-1-3-18(16)19/h1-6,8-9,13,20-22,28,32,40H,7,10-12,14H2,(H,29,33)(H,30,37)(H,31,36)(H,34,35)(H,38,39)/t20-,21-,22-/m0/s1. The van der Waals surface area contributed by atoms with Crippen LogP contribution in [0.15, 0.2) is 54.7 Å². The molecule has 3 aromatic rings. The summed E-state index contributed by atoms with van der Waals surface area (Å²) in [6, 6.07) is 9.16. The average Bonchev–Trinajstić information content (AvgIpc) is 3.33. The van der Waals surface area contributed by atoms with Crippen molar-refractivity contribution in [2.45, 2.75) is 43.8 Å². The fourth-order valence-electron chi connectivity index (χ4n) is 4.04. The van der Waals surface area contributed by atoms with Gasteiger partial charge in [-0.25, -0.2) is 4.79 Å². The zero-order valence-corrected chi connectivity index (χ0v) is 22.2. The first-order valence-corrected chi connectivity index (χ1v) is 13.0. The first kappa shape index (κ1) is 30.0. The number of nitrogens with one attached hydrogen (secondary N) is 4. The smallest absolute Gasteiger partial charge is 0.327 e. The van der Waals surface area contributed by atoms with Crippen molar-refractivity contribution >= 4 is 53.2 Å². The van der Waals surface area contributed by atoms with E-state index in [4.69, 9.17) is 0 Å². The molecule has 2 aromatic carbocycles. The predicted molar refractivity (Wildman–Crippen MR) is 148 cm³/mol. The SMILES string of the molecule is O=C(O)C[C@H](NC(=O)CCc1c[nH]c2ccccc12)C(=O)N[C@@H](Cc1ccc(O)cc1)C(=O)N[C@@H](CS)C(=O)O. The number of hydrogen-bond acceptors (Lipinski definition) is 7. The van der Waals surface area contributed by atoms with E-state index in [0.717, 1.165) is 16.5 Å². The first-order valence-electron chi connectivity index (χ1n) is 12.4. The number of H-pyrrole nitrogens is 1. The number of thiol groups is 1. The van der Waals surface area contributed by atoms with Gasteiger partial charge < -0.3 is 36.3 Å². The topological polar surface area (TPSA) is 198 Å². The second kappa shape index (κ2) is 14.0. The zero-order chi connectivity index (χ0) is 29.2. The van der Waals surface area contributed by atoms with E-state index in [0.29, 0.717) is 12.0 Å². The van der Waals surface area contributed by atoms with Gasteiger partial charge in [0.15, 0.2) is 0 Å². The van der Waals surface area contributed by atoms with E-state index in [1.54, 1.807) is 6.20 Å². The minimum atomic E-state index is -1.50. The summed E-state index contributed by atoms with van der Waals surface area (Å²) in [6.45, 7) is 0. The highest BCUT2D eigenvalue weighted by Crippen LogP contribution is 2.19. The third-order valence-corrected chi connectivity index (χ3v) is 6.50. The molecule has 1 heterocycles. The number of phenols is 1. The Morgan fingerprint density at radius 1 is 0.850 bits per heavy atom. The molecule has 0 bridgehead atoms. The molecule has 0 radical (unpaired) electrons. The number of para-hydroxylation sites is 1. The van der Waals surface area contributed by atoms with Crippen molar-refractivity contribution in [2.75, 3.05) is 5.75 Å². The first-order chi connectivity index (χ1) is 19.1. The Labute approximate surface area is 234 Å². The number of amides is 3. The highest BCUT2D eigenvalue weighted by Gasteiger charge is 2.30. The minimum Gasteiger partial charge on any atom is -0.508 e. The Balaban J connectivity index is 1.72. The van der Waals surface area contributed by atoms with E-state index in [1.807, 2.05) is 24.3 Å². The summed E-state index contributed by atoms with van der Waals surface area (Å²) < 4.78 is 0. The van der Waals surface area contributed by atoms with E-state index >= 15 is 0 Å². The molecule has 12 nitrogen and oxygen atoms in total. The van der Waals surface area contributed by atoms with E-state index in [1.165, 1.54) is 24.3 Å². The number of carboxylic acids is 2. The molecule has 0 aliphatic carbocycles. The molecule has 3 amide bonds. The van der Waals surface area contributed by atoms with Crippen LogP contribution in [0, 0.1) is 0 Å². The number of aromatic hydroxyl groups is 1. The van der Waals surface area contributed by atoms with Crippen molar-refractivity contribution in [3.05, 3.63) is 65.9 Å². The van der Waals surface area contributed by atoms with Crippen molar-refractivity contribution in [1.29, 1.82) is 0 Å². The molecule has 13 heteroatoms. The highest BCUT2D eigenvalue weighted by molar-refractivity contribution is 7.80. The number of aromatic nitrogens is 1. The molecule has 40 heavy (non-hydrogen) atoms. The predicted octanol–water partition coefficient (Wildman–Crippen LogP) is 0.992. The maximum Gasteiger partial charge on any atom is 0.327 e. The van der Waals surface area contributed by atoms with Crippen LogP contribution in [-0.4, -0.2) is 73.8 Å². The van der Waals surface area contributed by atoms with Crippen LogP contribution in [0.2, 0.25) is 0 Å². The Bertz CT molecular complexity index is 1370. The summed E-state index contributed by atoms with van der Waals surface area (Å²) in [5, 5.41) is 36.3. The number of fused-ring (bicyclic) bond motifs is 1. The number of aromatic amines is 1. The second-order valence-electron chi connectivity index (χ2n) is 9.09. The van der Waals surface area contributed by atoms with E-state index in [2.05, 4.69) is 33.6 Å². The molecule has 0 saturated carbocycles. The fourth-order valence-corrected chi connectivity index (χ4v) is 4.29. The van der Waals surface area contributed by atoms with Crippen molar-refractivity contribution < 1.29 is 39.3 Å². The third kappa shape index (κ3) is 8.50. The van der Waals surface area contributed by atoms with Gasteiger partial charge in [0.2, 0.25) is 17.7 Å². The summed E-state index contributed by atoms with van der Waals surface area (Å²) in [4.78, 5) is 64.7. The average molecular weight is 571 g/mol. The molecule has 212 valence electrons. The molecule has 3 rings (SSSR count). The Morgan fingerprint density at radius 3 is 2.15 bits per heavy atom. The molecule has 0 aliphatic heterocycles. The van der Waals surface area contributed by atoms with Crippen LogP contribution >= 0.6 is 12.6 Å². The fraction of sp³-hybridized carbons (Fsp3) is 0.296. The third-order valence-electron chi connectivity index (χ3n) is 6.13. The van der Waals surface area contributed by atoms with E-state index in [9.17, 15) is 39.3 Å². The molecule has 0 saturated heterocycles. The summed E-state index contributed by atoms with van der Waals surface area (Å²) in [7, 11) is 0. The Hall–Kier alpha value is -4.52. The number of carbonyl (C=O) groups excluding carboxylic acids is 3. The van der Waals surface area contributed by atoms with E-state index < -0.39 is 54.2 Å². The number of aliphatic carboxylic acids is 2. The molecular formula is C27H30N4O8S. The second-order valence-corrected chi connectivity index (χ2v) is 9.46. The quantitative estimate of drug-likeness (QED) is 0.131. The lowest BCUT2D eigenvalue weighted by Crippen LogP contribution is -2.57. The van der Waals surface area contributed by atoms with Gasteiger partial charge in [-0.05, 0) is 35.7 Å². The lowest BCUT2D eigenvalue weighted by molar-refractivity contribution is -0.142. The van der Waals surface area contributed by atoms with E-state index in [-0.39, 0.29) is 24.3 Å². The van der Waals surface area contributed by atoms with Gasteiger partial charge in [-0.2, -0.15) is 12.6 Å². The van der Waals surface area contributed by atoms with Gasteiger partial charge in [0.05, 0.1) is 6.42 Å². The number of hydrogen-bond donors (Lipinski definition) is 8. The van der Waals surface area contributed by atoms with Crippen LogP contribution in [0.1, 0.15) is 24.0 Å². The molecular weight excluding hydrogens is 540 g/mol. The largest absolute Gasteiger partial charge is 0.508 e. The number of phenolic OH excluding ortho intramolecular Hbond substituents is 1. The van der Waals surface area contributed by atoms with Gasteiger partial charge in [0.25, 0.3) is 0 Å². The van der Waals surface area contributed by atoms with Gasteiger partial charge >= 0.3 is 11.9 Å². The number of carboxylic acid groups (broad SMARTS) is 2. The van der Waals surface area contributed by atoms with Crippen molar-refractivity contribution in [3.8, 4) is 5.75 Å². The number of benzene rings is 2. The van der Waals surface area contributed by atoms with Crippen molar-refractivity contribution in [2.24, 2.45) is 0 Å². The highest BCUT2D eigenvalue weighted by atomic mass is 32.1. The monoisotopic (exact) mass is 570 g/mol. The van der Waals surface area contributed by atoms with Gasteiger partial charge in [-0.15, -0.1) is 0 Å². The van der Waals surface area contributed by atoms with Crippen LogP contribution in [-0.2, 0) is 36.8 Å². The van der Waals surface area contributed by atoms with Gasteiger partial charge in [-0.1, -0.05) is 30.3 Å². The number of aryl methyl sites for hydroxylation is 1. The van der Waals surface area contributed by atoms with Crippen LogP contribution in [0.5, 0.6) is 5.75 Å². The number of rotatable bonds is 14. The summed E-state index contributed by atoms with van der Waals surface area (Å²) in [6.07, 6.45) is 1.24. The minimum absolute atomic E-state index is 0.0216. The van der Waals surface area contributed by atoms with Gasteiger partial charge in [0, 0.05) is 35.7 Å². The molecule has 0 fully saturated rings. The number of carbonyl (C=O) groups is 5. The zero-order valence-electron chi connectivity index (χ0n) is 21.3. The van der Waals surface area contributed by atoms with Crippen LogP contribution in [0.3, 0.4) is 0 Å². The van der Waals surface area contributed by atoms with Crippen molar-refractivity contribution in [3.63, 3.8) is 0 Å². The lowest BCUT2D eigenvalue weighted by Gasteiger charge is -2.24. The maximum absolute atomic E-state index is 13.1. The molecule has 0 spiro atoms. The van der Waals surface area contributed by atoms with Crippen LogP contribution < -0.4 is 16.0 Å². The summed E-state index contributed by atoms with van der Waals surface area (Å²) >= 11 is 3.92. The van der Waals surface area contributed by atoms with Gasteiger partial charge in [0.1, 0.15) is 23.9 Å². The molecule has 0 unspecified atom stereocenters. The van der Waals surface area contributed by atoms with Crippen LogP contribution in [0.25, 0.3) is 10.9 Å². The summed E-state index contributed by atoms with van der Waals surface area (Å²) in [5.74, 6) is -5.25. The summed E-state index contributed by atoms with van der Waals surface area (Å²) in [5.41, 5.74) is 2.31. The molecule has 0 aliphatic rings. The lowest BCUT2D eigenvalue weighted by atomic mass is 10.0. The Morgan fingerprint density at radius 2 is 1.50 bits per heavy atom. The normalized spacial score (nSPS) is 13.1. The molecule has 7 N–H and O–H groups in total.